The van der Waals surface area contributed by atoms with E-state index >= 15 is 0 Å². The number of esters is 1. The summed E-state index contributed by atoms with van der Waals surface area (Å²) in [6.45, 7) is 1.34. The molecule has 1 fully saturated rings. The Labute approximate surface area is 163 Å². The molecule has 0 N–H and O–H groups in total. The van der Waals surface area contributed by atoms with Gasteiger partial charge in [0.15, 0.2) is 0 Å². The van der Waals surface area contributed by atoms with Crippen molar-refractivity contribution >= 4 is 32.7 Å². The van der Waals surface area contributed by atoms with Crippen LogP contribution < -0.4 is 5.56 Å². The molecule has 1 heterocycles. The smallest absolute Gasteiger partial charge is 0.302 e. The van der Waals surface area contributed by atoms with Crippen molar-refractivity contribution in [3.8, 4) is 5.69 Å². The van der Waals surface area contributed by atoms with Crippen LogP contribution in [0.25, 0.3) is 16.5 Å². The van der Waals surface area contributed by atoms with Crippen LogP contribution >= 0.6 is 15.9 Å². The molecule has 0 amide bonds. The van der Waals surface area contributed by atoms with Gasteiger partial charge in [-0.2, -0.15) is 0 Å². The molecule has 1 saturated carbocycles. The number of benzene rings is 2. The first-order chi connectivity index (χ1) is 13.0. The highest BCUT2D eigenvalue weighted by molar-refractivity contribution is 9.10. The molecular formula is C21H17BrFNO3. The number of aromatic nitrogens is 1. The molecule has 3 aromatic rings. The number of nitrogens with zero attached hydrogens (tertiary/aromatic N) is 1. The summed E-state index contributed by atoms with van der Waals surface area (Å²) in [6, 6.07) is 10.5. The van der Waals surface area contributed by atoms with Gasteiger partial charge in [0.25, 0.3) is 5.56 Å². The van der Waals surface area contributed by atoms with Crippen molar-refractivity contribution in [3.05, 3.63) is 74.4 Å². The lowest BCUT2D eigenvalue weighted by molar-refractivity contribution is -0.142. The molecule has 6 heteroatoms. The first-order valence-electron chi connectivity index (χ1n) is 8.71. The largest absolute Gasteiger partial charge is 0.461 e. The third-order valence-corrected chi connectivity index (χ3v) is 5.54. The van der Waals surface area contributed by atoms with Crippen LogP contribution in [0.2, 0.25) is 0 Å². The number of fused-ring (bicyclic) bond motifs is 1. The Morgan fingerprint density at radius 3 is 2.78 bits per heavy atom. The monoisotopic (exact) mass is 429 g/mol. The maximum absolute atomic E-state index is 14.7. The van der Waals surface area contributed by atoms with Crippen LogP contribution in [-0.2, 0) is 16.1 Å². The molecule has 0 bridgehead atoms. The summed E-state index contributed by atoms with van der Waals surface area (Å²) in [4.78, 5) is 24.2. The number of rotatable bonds is 4. The summed E-state index contributed by atoms with van der Waals surface area (Å²) in [7, 11) is 0. The lowest BCUT2D eigenvalue weighted by atomic mass is 10.0. The van der Waals surface area contributed by atoms with Gasteiger partial charge >= 0.3 is 5.97 Å². The SMILES string of the molecule is CC(=O)OCc1c(Br)cccc1-n1ccc2cc(C3CC3)cc(F)c2c1=O. The van der Waals surface area contributed by atoms with E-state index in [0.717, 1.165) is 18.4 Å². The number of halogens is 2. The normalized spacial score (nSPS) is 13.7. The third-order valence-electron chi connectivity index (χ3n) is 4.80. The van der Waals surface area contributed by atoms with Crippen molar-refractivity contribution in [3.63, 3.8) is 0 Å². The quantitative estimate of drug-likeness (QED) is 0.557. The fourth-order valence-corrected chi connectivity index (χ4v) is 3.75. The molecule has 1 aromatic heterocycles. The van der Waals surface area contributed by atoms with Gasteiger partial charge in [0.2, 0.25) is 0 Å². The van der Waals surface area contributed by atoms with Crippen LogP contribution in [0, 0.1) is 5.82 Å². The standard InChI is InChI=1S/C21H17BrFNO3/c1-12(25)27-11-16-17(22)3-2-4-19(16)24-8-7-14-9-15(13-5-6-13)10-18(23)20(14)21(24)26/h2-4,7-10,13H,5-6,11H2,1H3. The summed E-state index contributed by atoms with van der Waals surface area (Å²) < 4.78 is 21.9. The lowest BCUT2D eigenvalue weighted by Gasteiger charge is -2.15. The number of hydrogen-bond donors (Lipinski definition) is 0. The molecule has 0 unspecified atom stereocenters. The second kappa shape index (κ2) is 6.93. The Balaban J connectivity index is 1.88. The van der Waals surface area contributed by atoms with Crippen molar-refractivity contribution in [2.24, 2.45) is 0 Å². The van der Waals surface area contributed by atoms with Gasteiger partial charge in [0, 0.05) is 23.2 Å². The van der Waals surface area contributed by atoms with Crippen LogP contribution in [0.1, 0.15) is 36.8 Å². The number of ether oxygens (including phenoxy) is 1. The molecule has 0 saturated heterocycles. The molecule has 1 aliphatic rings. The number of carbonyl (C=O) groups excluding carboxylic acids is 1. The van der Waals surface area contributed by atoms with Gasteiger partial charge in [0.1, 0.15) is 12.4 Å². The van der Waals surface area contributed by atoms with Crippen LogP contribution in [0.15, 0.2) is 51.9 Å². The van der Waals surface area contributed by atoms with Gasteiger partial charge < -0.3 is 4.74 Å². The van der Waals surface area contributed by atoms with Gasteiger partial charge in [-0.1, -0.05) is 28.1 Å². The summed E-state index contributed by atoms with van der Waals surface area (Å²) in [5, 5.41) is 0.676. The van der Waals surface area contributed by atoms with Gasteiger partial charge in [-0.05, 0) is 54.0 Å². The molecule has 4 nitrogen and oxygen atoms in total. The molecule has 4 rings (SSSR count). The maximum atomic E-state index is 14.7. The first kappa shape index (κ1) is 17.9. The summed E-state index contributed by atoms with van der Waals surface area (Å²) in [6.07, 6.45) is 3.78. The minimum atomic E-state index is -0.495. The van der Waals surface area contributed by atoms with E-state index < -0.39 is 17.3 Å². The Morgan fingerprint density at radius 1 is 1.30 bits per heavy atom. The zero-order chi connectivity index (χ0) is 19.1. The van der Waals surface area contributed by atoms with E-state index in [1.54, 1.807) is 30.5 Å². The minimum absolute atomic E-state index is 0.0136. The van der Waals surface area contributed by atoms with Gasteiger partial charge in [-0.3, -0.25) is 14.2 Å². The molecule has 27 heavy (non-hydrogen) atoms. The predicted molar refractivity (Wildman–Crippen MR) is 105 cm³/mol. The van der Waals surface area contributed by atoms with E-state index in [9.17, 15) is 14.0 Å². The molecule has 138 valence electrons. The van der Waals surface area contributed by atoms with Crippen molar-refractivity contribution in [2.45, 2.75) is 32.3 Å². The molecule has 1 aliphatic carbocycles. The maximum Gasteiger partial charge on any atom is 0.302 e. The summed E-state index contributed by atoms with van der Waals surface area (Å²) >= 11 is 3.43. The fourth-order valence-electron chi connectivity index (χ4n) is 3.28. The minimum Gasteiger partial charge on any atom is -0.461 e. The number of pyridine rings is 1. The third kappa shape index (κ3) is 3.41. The highest BCUT2D eigenvalue weighted by Gasteiger charge is 2.25. The van der Waals surface area contributed by atoms with E-state index in [1.807, 2.05) is 6.07 Å². The van der Waals surface area contributed by atoms with Crippen molar-refractivity contribution in [1.82, 2.24) is 4.57 Å². The second-order valence-electron chi connectivity index (χ2n) is 6.75. The Kier molecular flexibility index (Phi) is 4.60. The van der Waals surface area contributed by atoms with Crippen LogP contribution in [0.3, 0.4) is 0 Å². The molecular weight excluding hydrogens is 413 g/mol. The van der Waals surface area contributed by atoms with Crippen LogP contribution in [-0.4, -0.2) is 10.5 Å². The molecule has 0 atom stereocenters. The van der Waals surface area contributed by atoms with Crippen molar-refractivity contribution < 1.29 is 13.9 Å². The lowest BCUT2D eigenvalue weighted by Crippen LogP contribution is -2.20. The van der Waals surface area contributed by atoms with Gasteiger partial charge in [-0.15, -0.1) is 0 Å². The van der Waals surface area contributed by atoms with E-state index in [0.29, 0.717) is 27.0 Å². The van der Waals surface area contributed by atoms with E-state index in [-0.39, 0.29) is 12.0 Å². The molecule has 0 spiro atoms. The van der Waals surface area contributed by atoms with Crippen LogP contribution in [0.5, 0.6) is 0 Å². The first-order valence-corrected chi connectivity index (χ1v) is 9.51. The summed E-state index contributed by atoms with van der Waals surface area (Å²) in [5.74, 6) is -0.502. The fraction of sp³-hybridized carbons (Fsp3) is 0.238. The van der Waals surface area contributed by atoms with Crippen molar-refractivity contribution in [2.75, 3.05) is 0 Å². The Hall–Kier alpha value is -2.47. The zero-order valence-electron chi connectivity index (χ0n) is 14.7. The molecule has 0 aliphatic heterocycles. The topological polar surface area (TPSA) is 48.3 Å². The highest BCUT2D eigenvalue weighted by atomic mass is 79.9. The average molecular weight is 430 g/mol. The number of carbonyl (C=O) groups is 1. The molecule has 0 radical (unpaired) electrons. The van der Waals surface area contributed by atoms with Gasteiger partial charge in [0.05, 0.1) is 11.1 Å². The Morgan fingerprint density at radius 2 is 2.07 bits per heavy atom. The van der Waals surface area contributed by atoms with E-state index in [2.05, 4.69) is 15.9 Å². The van der Waals surface area contributed by atoms with Crippen LogP contribution in [0.4, 0.5) is 4.39 Å². The average Bonchev–Trinajstić information content (AvgIpc) is 3.45. The predicted octanol–water partition coefficient (Wildman–Crippen LogP) is 4.83. The van der Waals surface area contributed by atoms with Crippen molar-refractivity contribution in [1.29, 1.82) is 0 Å². The number of hydrogen-bond acceptors (Lipinski definition) is 3. The zero-order valence-corrected chi connectivity index (χ0v) is 16.3. The Bertz CT molecular complexity index is 1120. The van der Waals surface area contributed by atoms with E-state index in [1.165, 1.54) is 17.6 Å². The second-order valence-corrected chi connectivity index (χ2v) is 7.60. The van der Waals surface area contributed by atoms with Gasteiger partial charge in [-0.25, -0.2) is 4.39 Å². The highest BCUT2D eigenvalue weighted by Crippen LogP contribution is 2.41. The van der Waals surface area contributed by atoms with E-state index in [4.69, 9.17) is 4.74 Å². The molecule has 2 aromatic carbocycles. The summed E-state index contributed by atoms with van der Waals surface area (Å²) in [5.41, 5.74) is 1.71.